The number of benzene rings is 2. The molecule has 0 amide bonds. The fraction of sp³-hybridized carbons (Fsp3) is 0.217. The average molecular weight is 382 g/mol. The zero-order chi connectivity index (χ0) is 20.3. The van der Waals surface area contributed by atoms with Gasteiger partial charge in [-0.1, -0.05) is 18.2 Å². The first-order valence-electron chi connectivity index (χ1n) is 9.47. The number of carbonyl (C=O) groups is 1. The van der Waals surface area contributed by atoms with Crippen molar-refractivity contribution in [2.75, 3.05) is 11.4 Å². The molecule has 0 unspecified atom stereocenters. The van der Waals surface area contributed by atoms with Crippen LogP contribution in [0.3, 0.4) is 0 Å². The smallest absolute Gasteiger partial charge is 0.204 e. The lowest BCUT2D eigenvalue weighted by atomic mass is 9.86. The van der Waals surface area contributed by atoms with E-state index in [1.54, 1.807) is 11.0 Å². The van der Waals surface area contributed by atoms with Gasteiger partial charge in [-0.15, -0.1) is 0 Å². The maximum atomic E-state index is 13.2. The molecule has 1 atom stereocenters. The summed E-state index contributed by atoms with van der Waals surface area (Å²) in [6, 6.07) is 15.2. The highest BCUT2D eigenvalue weighted by Crippen LogP contribution is 2.41. The second kappa shape index (κ2) is 5.97. The lowest BCUT2D eigenvalue weighted by Gasteiger charge is -2.30. The van der Waals surface area contributed by atoms with Crippen molar-refractivity contribution in [1.82, 2.24) is 4.98 Å². The summed E-state index contributed by atoms with van der Waals surface area (Å²) in [6.07, 6.45) is 0.217. The van der Waals surface area contributed by atoms with Crippen LogP contribution in [0, 0.1) is 25.2 Å². The first-order valence-corrected chi connectivity index (χ1v) is 9.47. The van der Waals surface area contributed by atoms with Crippen LogP contribution in [-0.4, -0.2) is 33.9 Å². The van der Waals surface area contributed by atoms with Crippen LogP contribution in [0.5, 0.6) is 0 Å². The number of rotatable bonds is 1. The molecule has 6 nitrogen and oxygen atoms in total. The number of pyridine rings is 1. The molecular formula is C23H18N4O2. The molecular weight excluding hydrogens is 364 g/mol. The van der Waals surface area contributed by atoms with E-state index in [-0.39, 0.29) is 23.7 Å². The summed E-state index contributed by atoms with van der Waals surface area (Å²) in [4.78, 5) is 24.1. The summed E-state index contributed by atoms with van der Waals surface area (Å²) < 4.78 is 0. The number of aliphatic hydroxyl groups is 1. The number of ketones is 1. The maximum absolute atomic E-state index is 13.2. The lowest BCUT2D eigenvalue weighted by molar-refractivity contribution is 0.0602. The van der Waals surface area contributed by atoms with Crippen molar-refractivity contribution in [1.29, 1.82) is 5.26 Å². The van der Waals surface area contributed by atoms with E-state index < -0.39 is 5.60 Å². The third-order valence-electron chi connectivity index (χ3n) is 5.88. The Balaban J connectivity index is 1.72. The van der Waals surface area contributed by atoms with Crippen molar-refractivity contribution in [3.63, 3.8) is 0 Å². The number of nitriles is 1. The Labute approximate surface area is 167 Å². The molecule has 1 N–H and O–H groups in total. The highest BCUT2D eigenvalue weighted by molar-refractivity contribution is 6.28. The van der Waals surface area contributed by atoms with Crippen molar-refractivity contribution >= 4 is 33.9 Å². The number of aliphatic imine (C=N–C) groups is 1. The van der Waals surface area contributed by atoms with Gasteiger partial charge in [0.25, 0.3) is 0 Å². The molecule has 2 aliphatic rings. The Bertz CT molecular complexity index is 1290. The number of hydrogen-bond acceptors (Lipinski definition) is 6. The van der Waals surface area contributed by atoms with Crippen molar-refractivity contribution in [2.45, 2.75) is 25.9 Å². The van der Waals surface area contributed by atoms with Crippen LogP contribution in [-0.2, 0) is 0 Å². The molecule has 2 aliphatic heterocycles. The van der Waals surface area contributed by atoms with E-state index in [0.29, 0.717) is 23.5 Å². The van der Waals surface area contributed by atoms with Crippen LogP contribution in [0.2, 0.25) is 0 Å². The first kappa shape index (κ1) is 17.5. The number of carbonyl (C=O) groups excluding carboxylic acids is 1. The monoisotopic (exact) mass is 382 g/mol. The van der Waals surface area contributed by atoms with Crippen LogP contribution in [0.25, 0.3) is 10.9 Å². The molecule has 29 heavy (non-hydrogen) atoms. The minimum atomic E-state index is -1.69. The zero-order valence-electron chi connectivity index (χ0n) is 16.1. The number of nitrogens with zero attached hydrogens (tertiary/aromatic N) is 4. The topological polar surface area (TPSA) is 89.6 Å². The second-order valence-corrected chi connectivity index (χ2v) is 7.64. The van der Waals surface area contributed by atoms with Gasteiger partial charge in [-0.05, 0) is 49.2 Å². The molecule has 0 radical (unpaired) electrons. The predicted octanol–water partition coefficient (Wildman–Crippen LogP) is 3.59. The number of para-hydroxylation sites is 1. The summed E-state index contributed by atoms with van der Waals surface area (Å²) in [5.74, 6) is -0.0674. The Kier molecular flexibility index (Phi) is 3.61. The Morgan fingerprint density at radius 1 is 1.17 bits per heavy atom. The maximum Gasteiger partial charge on any atom is 0.204 e. The van der Waals surface area contributed by atoms with E-state index in [1.165, 1.54) is 0 Å². The van der Waals surface area contributed by atoms with Crippen molar-refractivity contribution in [2.24, 2.45) is 4.99 Å². The van der Waals surface area contributed by atoms with Gasteiger partial charge in [0.05, 0.1) is 16.9 Å². The van der Waals surface area contributed by atoms with Crippen LogP contribution >= 0.6 is 0 Å². The number of fused-ring (bicyclic) bond motifs is 3. The molecule has 2 aromatic carbocycles. The van der Waals surface area contributed by atoms with Crippen LogP contribution in [0.15, 0.2) is 47.5 Å². The lowest BCUT2D eigenvalue weighted by Crippen LogP contribution is -2.49. The van der Waals surface area contributed by atoms with Gasteiger partial charge >= 0.3 is 0 Å². The molecule has 0 spiro atoms. The van der Waals surface area contributed by atoms with E-state index in [1.807, 2.05) is 50.2 Å². The quantitative estimate of drug-likeness (QED) is 0.695. The molecule has 6 heteroatoms. The number of hydrogen-bond donors (Lipinski definition) is 1. The van der Waals surface area contributed by atoms with Gasteiger partial charge in [0, 0.05) is 23.9 Å². The number of aromatic nitrogens is 1. The number of aryl methyl sites for hydroxylation is 2. The first-order chi connectivity index (χ1) is 13.9. The third kappa shape index (κ3) is 2.41. The molecule has 5 rings (SSSR count). The molecule has 0 aliphatic carbocycles. The molecule has 3 heterocycles. The van der Waals surface area contributed by atoms with Crippen LogP contribution < -0.4 is 4.90 Å². The number of amidine groups is 1. The van der Waals surface area contributed by atoms with Crippen molar-refractivity contribution in [3.8, 4) is 6.07 Å². The summed E-state index contributed by atoms with van der Waals surface area (Å²) >= 11 is 0. The SMILES string of the molecule is Cc1cc2c(cc1C)C(=O)[C@]1(O)CCN(c3cc4ccccc4nc3C#N)C1=N2. The molecule has 142 valence electrons. The minimum absolute atomic E-state index is 0.217. The molecule has 0 bridgehead atoms. The Morgan fingerprint density at radius 3 is 2.72 bits per heavy atom. The van der Waals surface area contributed by atoms with Crippen LogP contribution in [0.1, 0.15) is 33.6 Å². The van der Waals surface area contributed by atoms with E-state index in [4.69, 9.17) is 0 Å². The summed E-state index contributed by atoms with van der Waals surface area (Å²) in [5.41, 5.74) is 2.85. The van der Waals surface area contributed by atoms with E-state index in [0.717, 1.165) is 22.0 Å². The van der Waals surface area contributed by atoms with E-state index in [9.17, 15) is 15.2 Å². The largest absolute Gasteiger partial charge is 0.374 e. The van der Waals surface area contributed by atoms with Gasteiger partial charge in [-0.3, -0.25) is 4.79 Å². The van der Waals surface area contributed by atoms with Gasteiger partial charge < -0.3 is 10.0 Å². The molecule has 1 fully saturated rings. The standard InChI is InChI=1S/C23H18N4O2/c1-13-9-16-18(10-14(13)2)26-22-23(29,21(16)28)7-8-27(22)20-11-15-5-3-4-6-17(15)25-19(20)12-24/h3-6,9-11,29H,7-8H2,1-2H3/t23-/m1/s1. The van der Waals surface area contributed by atoms with Crippen LogP contribution in [0.4, 0.5) is 11.4 Å². The normalized spacial score (nSPS) is 20.3. The summed E-state index contributed by atoms with van der Waals surface area (Å²) in [7, 11) is 0. The Hall–Kier alpha value is -3.56. The predicted molar refractivity (Wildman–Crippen MR) is 111 cm³/mol. The number of Topliss-reactive ketones (excluding diaryl/α,β-unsaturated/α-hetero) is 1. The Morgan fingerprint density at radius 2 is 1.93 bits per heavy atom. The highest BCUT2D eigenvalue weighted by atomic mass is 16.3. The second-order valence-electron chi connectivity index (χ2n) is 7.64. The molecule has 3 aromatic rings. The van der Waals surface area contributed by atoms with Gasteiger partial charge in [0.2, 0.25) is 5.78 Å². The fourth-order valence-corrected chi connectivity index (χ4v) is 4.12. The fourth-order valence-electron chi connectivity index (χ4n) is 4.12. The van der Waals surface area contributed by atoms with E-state index in [2.05, 4.69) is 16.0 Å². The minimum Gasteiger partial charge on any atom is -0.374 e. The van der Waals surface area contributed by atoms with Gasteiger partial charge in [-0.25, -0.2) is 9.98 Å². The van der Waals surface area contributed by atoms with E-state index >= 15 is 0 Å². The third-order valence-corrected chi connectivity index (χ3v) is 5.88. The molecule has 1 saturated heterocycles. The van der Waals surface area contributed by atoms with Gasteiger partial charge in [0.1, 0.15) is 11.9 Å². The number of anilines is 1. The molecule has 1 aromatic heterocycles. The van der Waals surface area contributed by atoms with Gasteiger partial charge in [-0.2, -0.15) is 5.26 Å². The highest BCUT2D eigenvalue weighted by Gasteiger charge is 2.52. The zero-order valence-corrected chi connectivity index (χ0v) is 16.1. The van der Waals surface area contributed by atoms with Crippen molar-refractivity contribution < 1.29 is 9.90 Å². The average Bonchev–Trinajstić information content (AvgIpc) is 3.06. The molecule has 0 saturated carbocycles. The summed E-state index contributed by atoms with van der Waals surface area (Å²) in [6.45, 7) is 4.28. The van der Waals surface area contributed by atoms with Crippen molar-refractivity contribution in [3.05, 3.63) is 64.8 Å². The van der Waals surface area contributed by atoms with Gasteiger partial charge in [0.15, 0.2) is 11.3 Å². The summed E-state index contributed by atoms with van der Waals surface area (Å²) in [5, 5.41) is 21.8.